The molecule has 0 radical (unpaired) electrons. The van der Waals surface area contributed by atoms with Gasteiger partial charge in [0.25, 0.3) is 0 Å². The Morgan fingerprint density at radius 2 is 2.07 bits per heavy atom. The lowest BCUT2D eigenvalue weighted by atomic mass is 10.1. The molecule has 2 aliphatic rings. The van der Waals surface area contributed by atoms with E-state index in [1.165, 1.54) is 24.0 Å². The van der Waals surface area contributed by atoms with Crippen LogP contribution in [0.4, 0.5) is 11.6 Å². The monoisotopic (exact) mass is 388 g/mol. The molecule has 3 aromatic heterocycles. The van der Waals surface area contributed by atoms with E-state index in [1.807, 2.05) is 18.3 Å². The summed E-state index contributed by atoms with van der Waals surface area (Å²) in [6.07, 6.45) is 9.06. The van der Waals surface area contributed by atoms with E-state index < -0.39 is 0 Å². The molecule has 29 heavy (non-hydrogen) atoms. The summed E-state index contributed by atoms with van der Waals surface area (Å²) in [4.78, 5) is 9.46. The molecule has 0 spiro atoms. The predicted molar refractivity (Wildman–Crippen MR) is 118 cm³/mol. The van der Waals surface area contributed by atoms with Crippen LogP contribution in [0.15, 0.2) is 42.9 Å². The molecular formula is C23H28N6. The number of fused-ring (bicyclic) bond motifs is 1. The highest BCUT2D eigenvalue weighted by Gasteiger charge is 2.25. The lowest BCUT2D eigenvalue weighted by molar-refractivity contribution is 0.294. The van der Waals surface area contributed by atoms with E-state index in [4.69, 9.17) is 4.98 Å². The minimum atomic E-state index is 0.501. The summed E-state index contributed by atoms with van der Waals surface area (Å²) in [6, 6.07) is 8.35. The van der Waals surface area contributed by atoms with Crippen molar-refractivity contribution in [3.8, 4) is 0 Å². The van der Waals surface area contributed by atoms with Gasteiger partial charge in [-0.1, -0.05) is 13.8 Å². The zero-order valence-corrected chi connectivity index (χ0v) is 17.3. The first kappa shape index (κ1) is 18.2. The van der Waals surface area contributed by atoms with Crippen molar-refractivity contribution >= 4 is 28.2 Å². The van der Waals surface area contributed by atoms with Gasteiger partial charge in [0.05, 0.1) is 11.0 Å². The second-order valence-electron chi connectivity index (χ2n) is 8.59. The van der Waals surface area contributed by atoms with Crippen molar-refractivity contribution in [3.05, 3.63) is 54.0 Å². The Kier molecular flexibility index (Phi) is 4.51. The van der Waals surface area contributed by atoms with Crippen LogP contribution in [0.3, 0.4) is 0 Å². The molecule has 150 valence electrons. The average molecular weight is 389 g/mol. The third kappa shape index (κ3) is 3.85. The summed E-state index contributed by atoms with van der Waals surface area (Å²) in [6.45, 7) is 6.36. The summed E-state index contributed by atoms with van der Waals surface area (Å²) in [5.41, 5.74) is 9.00. The number of anilines is 2. The van der Waals surface area contributed by atoms with Crippen molar-refractivity contribution in [3.63, 3.8) is 0 Å². The second-order valence-corrected chi connectivity index (χ2v) is 8.59. The molecule has 0 amide bonds. The maximum atomic E-state index is 4.83. The topological polar surface area (TPSA) is 58.0 Å². The van der Waals surface area contributed by atoms with Gasteiger partial charge in [0.2, 0.25) is 0 Å². The molecule has 4 heterocycles. The Balaban J connectivity index is 1.39. The van der Waals surface area contributed by atoms with Crippen LogP contribution in [0, 0.1) is 5.92 Å². The Morgan fingerprint density at radius 1 is 1.21 bits per heavy atom. The van der Waals surface area contributed by atoms with Crippen molar-refractivity contribution < 1.29 is 0 Å². The van der Waals surface area contributed by atoms with Gasteiger partial charge in [-0.2, -0.15) is 0 Å². The fourth-order valence-corrected chi connectivity index (χ4v) is 3.75. The molecular weight excluding hydrogens is 360 g/mol. The van der Waals surface area contributed by atoms with Crippen molar-refractivity contribution in [2.45, 2.75) is 32.6 Å². The Hall–Kier alpha value is -2.86. The number of rotatable bonds is 6. The molecule has 6 heteroatoms. The maximum Gasteiger partial charge on any atom is 0.132 e. The Bertz CT molecular complexity index is 1080. The van der Waals surface area contributed by atoms with Crippen molar-refractivity contribution in [2.24, 2.45) is 13.0 Å². The van der Waals surface area contributed by atoms with Crippen LogP contribution in [0.5, 0.6) is 0 Å². The standard InChI is InChI=1S/C23H28N6/c1-15(2)18-9-23(28(3)13-18)27-22-7-6-20-21(26-22)8-17(10-24-20)19-11-25-29(14-19)12-16-4-5-16/h6-10,13-16,25H,4-5,11-12H2,1-3H3,(H,26,27). The van der Waals surface area contributed by atoms with Gasteiger partial charge in [0.15, 0.2) is 0 Å². The summed E-state index contributed by atoms with van der Waals surface area (Å²) in [5.74, 6) is 3.24. The molecule has 0 aromatic carbocycles. The number of nitrogens with one attached hydrogen (secondary N) is 2. The smallest absolute Gasteiger partial charge is 0.132 e. The molecule has 0 atom stereocenters. The van der Waals surface area contributed by atoms with Crippen molar-refractivity contribution in [2.75, 3.05) is 18.4 Å². The van der Waals surface area contributed by atoms with Crippen LogP contribution in [0.2, 0.25) is 0 Å². The highest BCUT2D eigenvalue weighted by atomic mass is 15.5. The minimum Gasteiger partial charge on any atom is -0.337 e. The lowest BCUT2D eigenvalue weighted by Gasteiger charge is -2.14. The van der Waals surface area contributed by atoms with Gasteiger partial charge in [0.1, 0.15) is 11.6 Å². The van der Waals surface area contributed by atoms with Gasteiger partial charge in [-0.25, -0.2) is 10.4 Å². The number of aromatic nitrogens is 3. The van der Waals surface area contributed by atoms with E-state index in [2.05, 4.69) is 70.7 Å². The molecule has 0 bridgehead atoms. The molecule has 1 fully saturated rings. The number of hydrogen-bond donors (Lipinski definition) is 2. The quantitative estimate of drug-likeness (QED) is 0.655. The Morgan fingerprint density at radius 3 is 2.83 bits per heavy atom. The number of aryl methyl sites for hydroxylation is 1. The molecule has 0 unspecified atom stereocenters. The number of pyridine rings is 2. The van der Waals surface area contributed by atoms with E-state index in [-0.39, 0.29) is 0 Å². The number of nitrogens with zero attached hydrogens (tertiary/aromatic N) is 4. The third-order valence-corrected chi connectivity index (χ3v) is 5.79. The summed E-state index contributed by atoms with van der Waals surface area (Å²) < 4.78 is 2.11. The molecule has 1 aliphatic carbocycles. The van der Waals surface area contributed by atoms with Crippen molar-refractivity contribution in [1.82, 2.24) is 25.0 Å². The fraction of sp³-hybridized carbons (Fsp3) is 0.391. The van der Waals surface area contributed by atoms with Gasteiger partial charge < -0.3 is 14.9 Å². The van der Waals surface area contributed by atoms with Gasteiger partial charge in [-0.15, -0.1) is 0 Å². The third-order valence-electron chi connectivity index (χ3n) is 5.79. The predicted octanol–water partition coefficient (Wildman–Crippen LogP) is 4.41. The van der Waals surface area contributed by atoms with E-state index in [9.17, 15) is 0 Å². The summed E-state index contributed by atoms with van der Waals surface area (Å²) >= 11 is 0. The molecule has 1 aliphatic heterocycles. The van der Waals surface area contributed by atoms with Crippen LogP contribution >= 0.6 is 0 Å². The first-order chi connectivity index (χ1) is 14.0. The number of hydrazine groups is 1. The largest absolute Gasteiger partial charge is 0.337 e. The Labute approximate surface area is 171 Å². The van der Waals surface area contributed by atoms with Crippen LogP contribution in [0.25, 0.3) is 16.6 Å². The van der Waals surface area contributed by atoms with Gasteiger partial charge in [-0.05, 0) is 60.1 Å². The minimum absolute atomic E-state index is 0.501. The van der Waals surface area contributed by atoms with Gasteiger partial charge >= 0.3 is 0 Å². The zero-order valence-electron chi connectivity index (χ0n) is 17.3. The fourth-order valence-electron chi connectivity index (χ4n) is 3.75. The van der Waals surface area contributed by atoms with Crippen LogP contribution < -0.4 is 10.7 Å². The summed E-state index contributed by atoms with van der Waals surface area (Å²) in [5, 5.41) is 5.68. The van der Waals surface area contributed by atoms with E-state index in [1.54, 1.807) is 0 Å². The average Bonchev–Trinajstić information content (AvgIpc) is 3.26. The van der Waals surface area contributed by atoms with E-state index in [0.29, 0.717) is 5.92 Å². The first-order valence-electron chi connectivity index (χ1n) is 10.5. The van der Waals surface area contributed by atoms with Crippen LogP contribution in [0.1, 0.15) is 43.7 Å². The highest BCUT2D eigenvalue weighted by Crippen LogP contribution is 2.31. The molecule has 1 saturated carbocycles. The van der Waals surface area contributed by atoms with E-state index >= 15 is 0 Å². The molecule has 3 aromatic rings. The van der Waals surface area contributed by atoms with Gasteiger partial charge in [0, 0.05) is 44.3 Å². The van der Waals surface area contributed by atoms with E-state index in [0.717, 1.165) is 47.2 Å². The SMILES string of the molecule is CC(C)c1cc(Nc2ccc3ncc(C4=CN(CC5CC5)NC4)cc3n2)n(C)c1. The summed E-state index contributed by atoms with van der Waals surface area (Å²) in [7, 11) is 2.06. The molecule has 0 saturated heterocycles. The number of hydrogen-bond acceptors (Lipinski definition) is 5. The van der Waals surface area contributed by atoms with Crippen LogP contribution in [-0.4, -0.2) is 32.6 Å². The maximum absolute atomic E-state index is 4.83. The van der Waals surface area contributed by atoms with Crippen LogP contribution in [-0.2, 0) is 7.05 Å². The normalized spacial score (nSPS) is 16.7. The lowest BCUT2D eigenvalue weighted by Crippen LogP contribution is -2.30. The highest BCUT2D eigenvalue weighted by molar-refractivity contribution is 5.81. The molecule has 5 rings (SSSR count). The molecule has 2 N–H and O–H groups in total. The van der Waals surface area contributed by atoms with Crippen molar-refractivity contribution in [1.29, 1.82) is 0 Å². The second kappa shape index (κ2) is 7.19. The zero-order chi connectivity index (χ0) is 20.0. The first-order valence-corrected chi connectivity index (χ1v) is 10.5. The van der Waals surface area contributed by atoms with Gasteiger partial charge in [-0.3, -0.25) is 4.98 Å². The molecule has 6 nitrogen and oxygen atoms in total.